The highest BCUT2D eigenvalue weighted by Gasteiger charge is 2.14. The molecule has 150 valence electrons. The zero-order chi connectivity index (χ0) is 20.8. The average molecular weight is 429 g/mol. The van der Waals surface area contributed by atoms with E-state index in [0.29, 0.717) is 39.8 Å². The molecule has 0 unspecified atom stereocenters. The molecule has 3 N–H and O–H groups in total. The number of carbonyl (C=O) groups excluding carboxylic acids is 3. The SMILES string of the molecule is Cc1nc(C)c(C(=O)Nc2ccc(C(=O)NCCNC(=O)c3cccs3)cc2)s1. The third-order valence-electron chi connectivity index (χ3n) is 3.96. The molecule has 0 bridgehead atoms. The molecule has 0 saturated carbocycles. The standard InChI is InChI=1S/C20H20N4O3S2/c1-12-17(29-13(2)23-12)20(27)24-15-7-5-14(6-8-15)18(25)21-9-10-22-19(26)16-4-3-11-28-16/h3-8,11H,9-10H2,1-2H3,(H,21,25)(H,22,26)(H,24,27). The first-order valence-corrected chi connectivity index (χ1v) is 10.6. The molecule has 0 fully saturated rings. The topological polar surface area (TPSA) is 100 Å². The molecule has 29 heavy (non-hydrogen) atoms. The lowest BCUT2D eigenvalue weighted by Gasteiger charge is -2.08. The third-order valence-corrected chi connectivity index (χ3v) is 5.90. The molecule has 0 aliphatic carbocycles. The predicted molar refractivity (Wildman–Crippen MR) is 115 cm³/mol. The van der Waals surface area contributed by atoms with Gasteiger partial charge >= 0.3 is 0 Å². The van der Waals surface area contributed by atoms with E-state index in [9.17, 15) is 14.4 Å². The van der Waals surface area contributed by atoms with Crippen LogP contribution in [-0.2, 0) is 0 Å². The van der Waals surface area contributed by atoms with Crippen molar-refractivity contribution in [1.29, 1.82) is 0 Å². The third kappa shape index (κ3) is 5.49. The summed E-state index contributed by atoms with van der Waals surface area (Å²) in [4.78, 5) is 41.8. The fourth-order valence-corrected chi connectivity index (χ4v) is 4.04. The molecule has 7 nitrogen and oxygen atoms in total. The molecular formula is C20H20N4O3S2. The number of hydrogen-bond donors (Lipinski definition) is 3. The lowest BCUT2D eigenvalue weighted by atomic mass is 10.2. The molecule has 9 heteroatoms. The van der Waals surface area contributed by atoms with Crippen LogP contribution in [0.1, 0.15) is 40.4 Å². The summed E-state index contributed by atoms with van der Waals surface area (Å²) in [7, 11) is 0. The lowest BCUT2D eigenvalue weighted by molar-refractivity contribution is 0.0929. The zero-order valence-electron chi connectivity index (χ0n) is 15.9. The Hall–Kier alpha value is -3.04. The maximum Gasteiger partial charge on any atom is 0.267 e. The van der Waals surface area contributed by atoms with Crippen LogP contribution in [0, 0.1) is 13.8 Å². The first-order chi connectivity index (χ1) is 13.9. The summed E-state index contributed by atoms with van der Waals surface area (Å²) in [5, 5.41) is 11.0. The van der Waals surface area contributed by atoms with Crippen LogP contribution in [0.5, 0.6) is 0 Å². The van der Waals surface area contributed by atoms with E-state index in [1.807, 2.05) is 18.4 Å². The maximum absolute atomic E-state index is 12.3. The first-order valence-electron chi connectivity index (χ1n) is 8.89. The van der Waals surface area contributed by atoms with Crippen molar-refractivity contribution < 1.29 is 14.4 Å². The highest BCUT2D eigenvalue weighted by Crippen LogP contribution is 2.19. The van der Waals surface area contributed by atoms with Crippen molar-refractivity contribution in [1.82, 2.24) is 15.6 Å². The molecule has 0 aliphatic rings. The number of thiophene rings is 1. The summed E-state index contributed by atoms with van der Waals surface area (Å²) in [5.41, 5.74) is 1.77. The maximum atomic E-state index is 12.3. The molecule has 0 atom stereocenters. The molecule has 2 heterocycles. The van der Waals surface area contributed by atoms with Gasteiger partial charge in [-0.2, -0.15) is 0 Å². The molecule has 3 amide bonds. The molecule has 1 aromatic carbocycles. The Kier molecular flexibility index (Phi) is 6.73. The fourth-order valence-electron chi connectivity index (χ4n) is 2.58. The first kappa shape index (κ1) is 20.7. The van der Waals surface area contributed by atoms with Crippen LogP contribution in [0.2, 0.25) is 0 Å². The fraction of sp³-hybridized carbons (Fsp3) is 0.200. The lowest BCUT2D eigenvalue weighted by Crippen LogP contribution is -2.34. The number of nitrogens with one attached hydrogen (secondary N) is 3. The van der Waals surface area contributed by atoms with Crippen LogP contribution >= 0.6 is 22.7 Å². The number of hydrogen-bond acceptors (Lipinski definition) is 6. The van der Waals surface area contributed by atoms with Crippen LogP contribution < -0.4 is 16.0 Å². The molecular weight excluding hydrogens is 408 g/mol. The summed E-state index contributed by atoms with van der Waals surface area (Å²) in [6.07, 6.45) is 0. The van der Waals surface area contributed by atoms with E-state index < -0.39 is 0 Å². The number of nitrogens with zero attached hydrogens (tertiary/aromatic N) is 1. The number of anilines is 1. The monoisotopic (exact) mass is 428 g/mol. The van der Waals surface area contributed by atoms with E-state index in [1.54, 1.807) is 37.3 Å². The van der Waals surface area contributed by atoms with Gasteiger partial charge < -0.3 is 16.0 Å². The molecule has 0 saturated heterocycles. The summed E-state index contributed by atoms with van der Waals surface area (Å²) >= 11 is 2.71. The number of aryl methyl sites for hydroxylation is 2. The number of rotatable bonds is 7. The van der Waals surface area contributed by atoms with Crippen LogP contribution in [0.3, 0.4) is 0 Å². The quantitative estimate of drug-likeness (QED) is 0.503. The van der Waals surface area contributed by atoms with Crippen LogP contribution in [0.25, 0.3) is 0 Å². The van der Waals surface area contributed by atoms with E-state index >= 15 is 0 Å². The van der Waals surface area contributed by atoms with Gasteiger partial charge in [-0.15, -0.1) is 22.7 Å². The van der Waals surface area contributed by atoms with E-state index in [4.69, 9.17) is 0 Å². The smallest absolute Gasteiger partial charge is 0.267 e. The predicted octanol–water partition coefficient (Wildman–Crippen LogP) is 3.23. The van der Waals surface area contributed by atoms with Gasteiger partial charge in [-0.05, 0) is 49.6 Å². The Morgan fingerprint density at radius 2 is 1.62 bits per heavy atom. The van der Waals surface area contributed by atoms with Crippen LogP contribution in [0.15, 0.2) is 41.8 Å². The number of amides is 3. The average Bonchev–Trinajstić information content (AvgIpc) is 3.35. The second-order valence-electron chi connectivity index (χ2n) is 6.17. The minimum atomic E-state index is -0.248. The molecule has 0 spiro atoms. The summed E-state index contributed by atoms with van der Waals surface area (Å²) in [6.45, 7) is 4.31. The van der Waals surface area contributed by atoms with Crippen molar-refractivity contribution in [2.24, 2.45) is 0 Å². The number of benzene rings is 1. The van der Waals surface area contributed by atoms with E-state index in [-0.39, 0.29) is 17.7 Å². The van der Waals surface area contributed by atoms with Gasteiger partial charge in [-0.3, -0.25) is 14.4 Å². The van der Waals surface area contributed by atoms with Crippen molar-refractivity contribution in [3.8, 4) is 0 Å². The van der Waals surface area contributed by atoms with Gasteiger partial charge in [0.25, 0.3) is 17.7 Å². The molecule has 0 radical (unpaired) electrons. The summed E-state index contributed by atoms with van der Waals surface area (Å²) in [6, 6.07) is 10.2. The highest BCUT2D eigenvalue weighted by molar-refractivity contribution is 7.13. The van der Waals surface area contributed by atoms with Crippen LogP contribution in [0.4, 0.5) is 5.69 Å². The van der Waals surface area contributed by atoms with E-state index in [0.717, 1.165) is 5.01 Å². The number of thiazole rings is 1. The normalized spacial score (nSPS) is 10.4. The van der Waals surface area contributed by atoms with Crippen molar-refractivity contribution >= 4 is 46.1 Å². The Bertz CT molecular complexity index is 1010. The molecule has 0 aliphatic heterocycles. The summed E-state index contributed by atoms with van der Waals surface area (Å²) in [5.74, 6) is -0.616. The van der Waals surface area contributed by atoms with Gasteiger partial charge in [-0.1, -0.05) is 6.07 Å². The number of carbonyl (C=O) groups is 3. The van der Waals surface area contributed by atoms with Gasteiger partial charge in [0.1, 0.15) is 4.88 Å². The molecule has 3 rings (SSSR count). The largest absolute Gasteiger partial charge is 0.350 e. The van der Waals surface area contributed by atoms with Crippen molar-refractivity contribution in [2.75, 3.05) is 18.4 Å². The Morgan fingerprint density at radius 3 is 2.21 bits per heavy atom. The Balaban J connectivity index is 1.46. The Labute approximate surface area is 176 Å². The van der Waals surface area contributed by atoms with Gasteiger partial charge in [0.05, 0.1) is 15.6 Å². The van der Waals surface area contributed by atoms with E-state index in [1.165, 1.54) is 22.7 Å². The molecule has 3 aromatic rings. The van der Waals surface area contributed by atoms with E-state index in [2.05, 4.69) is 20.9 Å². The van der Waals surface area contributed by atoms with Crippen molar-refractivity contribution in [3.63, 3.8) is 0 Å². The van der Waals surface area contributed by atoms with Gasteiger partial charge in [0.15, 0.2) is 0 Å². The number of aromatic nitrogens is 1. The van der Waals surface area contributed by atoms with Gasteiger partial charge in [0, 0.05) is 24.3 Å². The minimum absolute atomic E-state index is 0.152. The van der Waals surface area contributed by atoms with Crippen LogP contribution in [-0.4, -0.2) is 35.8 Å². The second-order valence-corrected chi connectivity index (χ2v) is 8.32. The second kappa shape index (κ2) is 9.44. The van der Waals surface area contributed by atoms with Gasteiger partial charge in [0.2, 0.25) is 0 Å². The minimum Gasteiger partial charge on any atom is -0.350 e. The zero-order valence-corrected chi connectivity index (χ0v) is 17.6. The molecule has 2 aromatic heterocycles. The highest BCUT2D eigenvalue weighted by atomic mass is 32.1. The van der Waals surface area contributed by atoms with Gasteiger partial charge in [-0.25, -0.2) is 4.98 Å². The summed E-state index contributed by atoms with van der Waals surface area (Å²) < 4.78 is 0. The Morgan fingerprint density at radius 1 is 0.931 bits per heavy atom. The van der Waals surface area contributed by atoms with Crippen molar-refractivity contribution in [2.45, 2.75) is 13.8 Å². The van der Waals surface area contributed by atoms with Crippen molar-refractivity contribution in [3.05, 3.63) is 67.8 Å².